The number of hydrogen-bond acceptors (Lipinski definition) is 4. The van der Waals surface area contributed by atoms with Crippen molar-refractivity contribution in [3.8, 4) is 0 Å². The van der Waals surface area contributed by atoms with Crippen molar-refractivity contribution in [2.75, 3.05) is 19.8 Å². The van der Waals surface area contributed by atoms with Gasteiger partial charge in [-0.25, -0.2) is 0 Å². The molecule has 0 saturated carbocycles. The molecule has 0 aliphatic carbocycles. The summed E-state index contributed by atoms with van der Waals surface area (Å²) in [5.74, 6) is -0.107. The molecular weight excluding hydrogens is 328 g/mol. The predicted molar refractivity (Wildman–Crippen MR) is 97.0 cm³/mol. The zero-order valence-corrected chi connectivity index (χ0v) is 15.8. The minimum absolute atomic E-state index is 0.0113. The summed E-state index contributed by atoms with van der Waals surface area (Å²) in [6, 6.07) is 6.77. The van der Waals surface area contributed by atoms with Crippen molar-refractivity contribution in [1.82, 2.24) is 4.90 Å². The topological polar surface area (TPSA) is 64.8 Å². The van der Waals surface area contributed by atoms with Crippen molar-refractivity contribution in [2.24, 2.45) is 5.73 Å². The van der Waals surface area contributed by atoms with Gasteiger partial charge in [-0.1, -0.05) is 23.7 Å². The third-order valence-corrected chi connectivity index (χ3v) is 3.90. The second kappa shape index (κ2) is 10.7. The molecule has 136 valence electrons. The predicted octanol–water partition coefficient (Wildman–Crippen LogP) is 2.85. The van der Waals surface area contributed by atoms with Crippen LogP contribution in [0.25, 0.3) is 0 Å². The lowest BCUT2D eigenvalue weighted by molar-refractivity contribution is -0.162. The Bertz CT molecular complexity index is 488. The van der Waals surface area contributed by atoms with E-state index in [2.05, 4.69) is 0 Å². The lowest BCUT2D eigenvalue weighted by atomic mass is 10.0. The fourth-order valence-corrected chi connectivity index (χ4v) is 2.54. The van der Waals surface area contributed by atoms with Crippen LogP contribution in [0.15, 0.2) is 24.3 Å². The molecule has 2 N–H and O–H groups in total. The molecule has 5 nitrogen and oxygen atoms in total. The molecule has 0 saturated heterocycles. The molecule has 0 aliphatic heterocycles. The fraction of sp³-hybridized carbons (Fsp3) is 0.611. The monoisotopic (exact) mass is 356 g/mol. The summed E-state index contributed by atoms with van der Waals surface area (Å²) >= 11 is 5.89. The molecule has 1 aromatic carbocycles. The third kappa shape index (κ3) is 6.77. The third-order valence-electron chi connectivity index (χ3n) is 3.64. The highest BCUT2D eigenvalue weighted by atomic mass is 35.5. The maximum atomic E-state index is 12.8. The quantitative estimate of drug-likeness (QED) is 0.655. The summed E-state index contributed by atoms with van der Waals surface area (Å²) in [4.78, 5) is 14.5. The Hall–Kier alpha value is -1.14. The van der Waals surface area contributed by atoms with Gasteiger partial charge in [0.15, 0.2) is 6.29 Å². The molecule has 0 fully saturated rings. The summed E-state index contributed by atoms with van der Waals surface area (Å²) in [7, 11) is 0. The van der Waals surface area contributed by atoms with Crippen LogP contribution >= 0.6 is 11.6 Å². The Morgan fingerprint density at radius 2 is 1.71 bits per heavy atom. The zero-order valence-electron chi connectivity index (χ0n) is 15.0. The number of ether oxygens (including phenoxy) is 2. The molecule has 1 rings (SSSR count). The second-order valence-corrected chi connectivity index (χ2v) is 6.30. The number of hydrogen-bond donors (Lipinski definition) is 1. The summed E-state index contributed by atoms with van der Waals surface area (Å²) in [6.07, 6.45) is 0.0294. The van der Waals surface area contributed by atoms with Gasteiger partial charge in [0, 0.05) is 24.3 Å². The van der Waals surface area contributed by atoms with Gasteiger partial charge in [0.2, 0.25) is 5.91 Å². The van der Waals surface area contributed by atoms with Crippen LogP contribution in [0.1, 0.15) is 33.3 Å². The van der Waals surface area contributed by atoms with E-state index in [4.69, 9.17) is 26.8 Å². The SMILES string of the molecule is CCOC(CN(C(=O)C(N)Cc1ccc(Cl)cc1)C(C)C)OCC. The van der Waals surface area contributed by atoms with Crippen molar-refractivity contribution < 1.29 is 14.3 Å². The summed E-state index contributed by atoms with van der Waals surface area (Å²) in [5, 5.41) is 0.665. The Labute approximate surface area is 150 Å². The number of carbonyl (C=O) groups is 1. The van der Waals surface area contributed by atoms with Crippen LogP contribution in [0, 0.1) is 0 Å². The molecule has 0 heterocycles. The van der Waals surface area contributed by atoms with Gasteiger partial charge in [-0.15, -0.1) is 0 Å². The summed E-state index contributed by atoms with van der Waals surface area (Å²) in [5.41, 5.74) is 7.13. The highest BCUT2D eigenvalue weighted by Crippen LogP contribution is 2.13. The Morgan fingerprint density at radius 3 is 2.17 bits per heavy atom. The van der Waals surface area contributed by atoms with Crippen molar-refractivity contribution in [3.63, 3.8) is 0 Å². The Kier molecular flexibility index (Phi) is 9.29. The molecule has 1 aromatic rings. The summed E-state index contributed by atoms with van der Waals surface area (Å²) in [6.45, 7) is 9.15. The van der Waals surface area contributed by atoms with Gasteiger partial charge >= 0.3 is 0 Å². The van der Waals surface area contributed by atoms with E-state index in [1.165, 1.54) is 0 Å². The standard InChI is InChI=1S/C18H29ClN2O3/c1-5-23-17(24-6-2)12-21(13(3)4)18(22)16(20)11-14-7-9-15(19)10-8-14/h7-10,13,16-17H,5-6,11-12,20H2,1-4H3. The van der Waals surface area contributed by atoms with E-state index in [0.717, 1.165) is 5.56 Å². The lowest BCUT2D eigenvalue weighted by Crippen LogP contribution is -2.51. The molecule has 6 heteroatoms. The van der Waals surface area contributed by atoms with Crippen LogP contribution in [0.2, 0.25) is 5.02 Å². The largest absolute Gasteiger partial charge is 0.351 e. The fourth-order valence-electron chi connectivity index (χ4n) is 2.42. The van der Waals surface area contributed by atoms with Gasteiger partial charge in [0.1, 0.15) is 0 Å². The number of rotatable bonds is 10. The van der Waals surface area contributed by atoms with Gasteiger partial charge in [-0.3, -0.25) is 4.79 Å². The van der Waals surface area contributed by atoms with E-state index in [1.807, 2.05) is 39.8 Å². The van der Waals surface area contributed by atoms with Crippen LogP contribution < -0.4 is 5.73 Å². The molecule has 24 heavy (non-hydrogen) atoms. The van der Waals surface area contributed by atoms with E-state index < -0.39 is 12.3 Å². The van der Waals surface area contributed by atoms with Gasteiger partial charge in [0.05, 0.1) is 12.6 Å². The van der Waals surface area contributed by atoms with Crippen molar-refractivity contribution in [2.45, 2.75) is 52.5 Å². The van der Waals surface area contributed by atoms with Crippen LogP contribution in [0.5, 0.6) is 0 Å². The molecule has 0 radical (unpaired) electrons. The molecule has 0 aromatic heterocycles. The van der Waals surface area contributed by atoms with Crippen LogP contribution in [-0.4, -0.2) is 48.9 Å². The maximum Gasteiger partial charge on any atom is 0.240 e. The number of amides is 1. The van der Waals surface area contributed by atoms with Crippen molar-refractivity contribution >= 4 is 17.5 Å². The maximum absolute atomic E-state index is 12.8. The molecule has 0 bridgehead atoms. The Balaban J connectivity index is 2.74. The average molecular weight is 357 g/mol. The van der Waals surface area contributed by atoms with Gasteiger partial charge in [-0.05, 0) is 51.8 Å². The van der Waals surface area contributed by atoms with E-state index in [-0.39, 0.29) is 11.9 Å². The Morgan fingerprint density at radius 1 is 1.17 bits per heavy atom. The summed E-state index contributed by atoms with van der Waals surface area (Å²) < 4.78 is 11.1. The first-order valence-corrected chi connectivity index (χ1v) is 8.80. The molecular formula is C18H29ClN2O3. The molecule has 0 aliphatic rings. The van der Waals surface area contributed by atoms with Crippen molar-refractivity contribution in [3.05, 3.63) is 34.9 Å². The normalized spacial score (nSPS) is 12.7. The minimum Gasteiger partial charge on any atom is -0.351 e. The zero-order chi connectivity index (χ0) is 18.1. The van der Waals surface area contributed by atoms with Crippen LogP contribution in [0.4, 0.5) is 0 Å². The second-order valence-electron chi connectivity index (χ2n) is 5.86. The van der Waals surface area contributed by atoms with E-state index >= 15 is 0 Å². The number of benzene rings is 1. The number of nitrogens with zero attached hydrogens (tertiary/aromatic N) is 1. The first-order valence-electron chi connectivity index (χ1n) is 8.42. The lowest BCUT2D eigenvalue weighted by Gasteiger charge is -2.32. The molecule has 1 amide bonds. The number of halogens is 1. The van der Waals surface area contributed by atoms with Crippen molar-refractivity contribution in [1.29, 1.82) is 0 Å². The smallest absolute Gasteiger partial charge is 0.240 e. The highest BCUT2D eigenvalue weighted by molar-refractivity contribution is 6.30. The molecule has 1 atom stereocenters. The number of carbonyl (C=O) groups excluding carboxylic acids is 1. The minimum atomic E-state index is -0.613. The molecule has 1 unspecified atom stereocenters. The van der Waals surface area contributed by atoms with Gasteiger partial charge in [0.25, 0.3) is 0 Å². The average Bonchev–Trinajstić information content (AvgIpc) is 2.54. The van der Waals surface area contributed by atoms with Gasteiger partial charge < -0.3 is 20.1 Å². The van der Waals surface area contributed by atoms with Crippen LogP contribution in [-0.2, 0) is 20.7 Å². The van der Waals surface area contributed by atoms with E-state index in [0.29, 0.717) is 31.2 Å². The molecule has 0 spiro atoms. The van der Waals surface area contributed by atoms with Crippen LogP contribution in [0.3, 0.4) is 0 Å². The van der Waals surface area contributed by atoms with E-state index in [9.17, 15) is 4.79 Å². The van der Waals surface area contributed by atoms with Gasteiger partial charge in [-0.2, -0.15) is 0 Å². The first kappa shape index (κ1) is 20.9. The van der Waals surface area contributed by atoms with E-state index in [1.54, 1.807) is 17.0 Å². The number of nitrogens with two attached hydrogens (primary N) is 1. The first-order chi connectivity index (χ1) is 11.4. The highest BCUT2D eigenvalue weighted by Gasteiger charge is 2.26.